The summed E-state index contributed by atoms with van der Waals surface area (Å²) in [6.07, 6.45) is 3.55. The van der Waals surface area contributed by atoms with Crippen LogP contribution in [0.3, 0.4) is 0 Å². The Morgan fingerprint density at radius 1 is 1.50 bits per heavy atom. The minimum absolute atomic E-state index is 0.250. The number of aryl methyl sites for hydroxylation is 1. The zero-order valence-corrected chi connectivity index (χ0v) is 11.4. The molecule has 106 valence electrons. The van der Waals surface area contributed by atoms with E-state index in [2.05, 4.69) is 28.4 Å². The molecule has 3 rings (SSSR count). The van der Waals surface area contributed by atoms with Gasteiger partial charge in [-0.1, -0.05) is 0 Å². The lowest BCUT2D eigenvalue weighted by Gasteiger charge is -2.36. The van der Waals surface area contributed by atoms with Crippen LogP contribution in [0.4, 0.5) is 5.69 Å². The number of benzene rings is 1. The largest absolute Gasteiger partial charge is 0.483 e. The van der Waals surface area contributed by atoms with Crippen LogP contribution < -0.4 is 10.2 Å². The van der Waals surface area contributed by atoms with E-state index in [1.54, 1.807) is 0 Å². The van der Waals surface area contributed by atoms with Crippen LogP contribution in [0.5, 0.6) is 0 Å². The molecular formula is C15H19N3O2. The topological polar surface area (TPSA) is 76.4 Å². The van der Waals surface area contributed by atoms with Gasteiger partial charge in [-0.2, -0.15) is 5.26 Å². The van der Waals surface area contributed by atoms with Crippen LogP contribution in [0, 0.1) is 11.3 Å². The lowest BCUT2D eigenvalue weighted by molar-refractivity contribution is -0.122. The van der Waals surface area contributed by atoms with Gasteiger partial charge in [0.15, 0.2) is 0 Å². The summed E-state index contributed by atoms with van der Waals surface area (Å²) in [6, 6.07) is 9.01. The van der Waals surface area contributed by atoms with E-state index in [0.29, 0.717) is 6.04 Å². The molecule has 2 heterocycles. The van der Waals surface area contributed by atoms with Crippen molar-refractivity contribution in [2.45, 2.75) is 25.3 Å². The summed E-state index contributed by atoms with van der Waals surface area (Å²) in [5, 5.41) is 19.3. The Bertz CT molecular complexity index is 504. The zero-order chi connectivity index (χ0) is 14.4. The van der Waals surface area contributed by atoms with Gasteiger partial charge in [-0.15, -0.1) is 0 Å². The van der Waals surface area contributed by atoms with Crippen molar-refractivity contribution in [1.29, 1.82) is 5.26 Å². The summed E-state index contributed by atoms with van der Waals surface area (Å²) in [5.74, 6) is 0. The molecule has 0 aromatic heterocycles. The molecule has 2 N–H and O–H groups in total. The van der Waals surface area contributed by atoms with Crippen LogP contribution in [0.1, 0.15) is 24.0 Å². The molecule has 0 aliphatic carbocycles. The van der Waals surface area contributed by atoms with Crippen LogP contribution >= 0.6 is 0 Å². The van der Waals surface area contributed by atoms with Gasteiger partial charge in [0.2, 0.25) is 0 Å². The maximum Gasteiger partial charge on any atom is 0.290 e. The van der Waals surface area contributed by atoms with Crippen LogP contribution in [0.25, 0.3) is 0 Å². The van der Waals surface area contributed by atoms with E-state index in [1.165, 1.54) is 24.1 Å². The molecule has 1 aromatic rings. The maximum atomic E-state index is 8.94. The average Bonchev–Trinajstić information content (AvgIpc) is 3.01. The summed E-state index contributed by atoms with van der Waals surface area (Å²) in [6.45, 7) is 3.14. The van der Waals surface area contributed by atoms with Crippen molar-refractivity contribution in [2.24, 2.45) is 0 Å². The van der Waals surface area contributed by atoms with Crippen molar-refractivity contribution < 1.29 is 9.90 Å². The number of rotatable bonds is 1. The second-order valence-corrected chi connectivity index (χ2v) is 5.00. The van der Waals surface area contributed by atoms with E-state index < -0.39 is 0 Å². The van der Waals surface area contributed by atoms with Gasteiger partial charge < -0.3 is 15.3 Å². The van der Waals surface area contributed by atoms with Crippen LogP contribution in [-0.2, 0) is 11.2 Å². The van der Waals surface area contributed by atoms with Crippen molar-refractivity contribution in [3.05, 3.63) is 29.3 Å². The Balaban J connectivity index is 0.000000452. The van der Waals surface area contributed by atoms with Crippen molar-refractivity contribution in [3.8, 4) is 6.07 Å². The number of anilines is 1. The number of fused-ring (bicyclic) bond motifs is 1. The minimum atomic E-state index is -0.250. The van der Waals surface area contributed by atoms with Crippen LogP contribution in [0.2, 0.25) is 0 Å². The number of carbonyl (C=O) groups is 1. The number of nitrogens with one attached hydrogen (secondary N) is 1. The standard InChI is InChI=1S/C14H17N3.CH2O2/c15-9-11-3-4-14-12(8-11)2-1-7-17(14)13-5-6-16-10-13;2-1-3/h3-4,8,13,16H,1-2,5-7,10H2;1H,(H,2,3). The Morgan fingerprint density at radius 2 is 2.30 bits per heavy atom. The number of nitriles is 1. The normalized spacial score (nSPS) is 20.4. The van der Waals surface area contributed by atoms with Gasteiger partial charge in [0.1, 0.15) is 0 Å². The van der Waals surface area contributed by atoms with Crippen LogP contribution in [-0.4, -0.2) is 37.3 Å². The fourth-order valence-corrected chi connectivity index (χ4v) is 2.98. The van der Waals surface area contributed by atoms with E-state index in [-0.39, 0.29) is 6.47 Å². The first-order valence-corrected chi connectivity index (χ1v) is 6.88. The Labute approximate surface area is 118 Å². The van der Waals surface area contributed by atoms with Crippen molar-refractivity contribution >= 4 is 12.2 Å². The first kappa shape index (κ1) is 14.4. The summed E-state index contributed by atoms with van der Waals surface area (Å²) < 4.78 is 0. The Morgan fingerprint density at radius 3 is 2.95 bits per heavy atom. The molecule has 1 saturated heterocycles. The molecule has 0 saturated carbocycles. The molecular weight excluding hydrogens is 254 g/mol. The predicted molar refractivity (Wildman–Crippen MR) is 76.8 cm³/mol. The van der Waals surface area contributed by atoms with E-state index in [4.69, 9.17) is 15.2 Å². The third-order valence-corrected chi connectivity index (χ3v) is 3.84. The minimum Gasteiger partial charge on any atom is -0.483 e. The van der Waals surface area contributed by atoms with E-state index in [9.17, 15) is 0 Å². The van der Waals surface area contributed by atoms with Crippen molar-refractivity contribution in [3.63, 3.8) is 0 Å². The van der Waals surface area contributed by atoms with Gasteiger partial charge in [-0.05, 0) is 49.6 Å². The lowest BCUT2D eigenvalue weighted by Crippen LogP contribution is -2.40. The molecule has 1 unspecified atom stereocenters. The molecule has 20 heavy (non-hydrogen) atoms. The predicted octanol–water partition coefficient (Wildman–Crippen LogP) is 1.37. The highest BCUT2D eigenvalue weighted by Gasteiger charge is 2.26. The first-order valence-electron chi connectivity index (χ1n) is 6.88. The Kier molecular flexibility index (Phi) is 4.97. The molecule has 2 aliphatic rings. The number of carboxylic acid groups (broad SMARTS) is 1. The average molecular weight is 273 g/mol. The molecule has 0 bridgehead atoms. The van der Waals surface area contributed by atoms with Gasteiger partial charge in [0.25, 0.3) is 6.47 Å². The number of hydrogen-bond acceptors (Lipinski definition) is 4. The summed E-state index contributed by atoms with van der Waals surface area (Å²) >= 11 is 0. The zero-order valence-electron chi connectivity index (χ0n) is 11.4. The van der Waals surface area contributed by atoms with Crippen molar-refractivity contribution in [1.82, 2.24) is 5.32 Å². The fourth-order valence-electron chi connectivity index (χ4n) is 2.98. The van der Waals surface area contributed by atoms with E-state index >= 15 is 0 Å². The van der Waals surface area contributed by atoms with E-state index in [0.717, 1.165) is 31.6 Å². The first-order chi connectivity index (χ1) is 9.80. The maximum absolute atomic E-state index is 8.94. The SMILES string of the molecule is N#Cc1ccc2c(c1)CCCN2C1CCNC1.O=CO. The van der Waals surface area contributed by atoms with Gasteiger partial charge >= 0.3 is 0 Å². The van der Waals surface area contributed by atoms with E-state index in [1.807, 2.05) is 6.07 Å². The van der Waals surface area contributed by atoms with Crippen LogP contribution in [0.15, 0.2) is 18.2 Å². The number of nitrogens with zero attached hydrogens (tertiary/aromatic N) is 2. The monoisotopic (exact) mass is 273 g/mol. The highest BCUT2D eigenvalue weighted by atomic mass is 16.3. The van der Waals surface area contributed by atoms with Gasteiger partial charge in [0, 0.05) is 24.8 Å². The fraction of sp³-hybridized carbons (Fsp3) is 0.467. The quantitative estimate of drug-likeness (QED) is 0.756. The molecule has 0 spiro atoms. The smallest absolute Gasteiger partial charge is 0.290 e. The molecule has 0 amide bonds. The third kappa shape index (κ3) is 3.09. The molecule has 1 aromatic carbocycles. The highest BCUT2D eigenvalue weighted by molar-refractivity contribution is 5.59. The molecule has 5 nitrogen and oxygen atoms in total. The molecule has 5 heteroatoms. The Hall–Kier alpha value is -2.06. The van der Waals surface area contributed by atoms with Gasteiger partial charge in [0.05, 0.1) is 11.6 Å². The summed E-state index contributed by atoms with van der Waals surface area (Å²) in [5.41, 5.74) is 3.49. The summed E-state index contributed by atoms with van der Waals surface area (Å²) in [4.78, 5) is 10.9. The lowest BCUT2D eigenvalue weighted by atomic mass is 9.98. The van der Waals surface area contributed by atoms with Gasteiger partial charge in [-0.25, -0.2) is 0 Å². The highest BCUT2D eigenvalue weighted by Crippen LogP contribution is 2.30. The third-order valence-electron chi connectivity index (χ3n) is 3.84. The molecule has 0 radical (unpaired) electrons. The molecule has 1 fully saturated rings. The second kappa shape index (κ2) is 6.92. The molecule has 2 aliphatic heterocycles. The second-order valence-electron chi connectivity index (χ2n) is 5.00. The number of hydrogen-bond donors (Lipinski definition) is 2. The van der Waals surface area contributed by atoms with Crippen molar-refractivity contribution in [2.75, 3.05) is 24.5 Å². The summed E-state index contributed by atoms with van der Waals surface area (Å²) in [7, 11) is 0. The van der Waals surface area contributed by atoms with Gasteiger partial charge in [-0.3, -0.25) is 4.79 Å². The molecule has 1 atom stereocenters.